The number of allylic oxidation sites excluding steroid dienone is 1. The smallest absolute Gasteiger partial charge is 0.311 e. The van der Waals surface area contributed by atoms with Crippen molar-refractivity contribution in [2.45, 2.75) is 19.4 Å². The Morgan fingerprint density at radius 3 is 2.84 bits per heavy atom. The summed E-state index contributed by atoms with van der Waals surface area (Å²) in [5.74, 6) is 0.602. The topological polar surface area (TPSA) is 51.2 Å². The molecule has 1 N–H and O–H groups in total. The molecule has 0 aromatic carbocycles. The maximum Gasteiger partial charge on any atom is 0.311 e. The lowest BCUT2D eigenvalue weighted by Gasteiger charge is -2.28. The normalized spacial score (nSPS) is 31.4. The van der Waals surface area contributed by atoms with Gasteiger partial charge in [-0.2, -0.15) is 0 Å². The first-order valence-electron chi connectivity index (χ1n) is 6.81. The molecule has 1 unspecified atom stereocenters. The summed E-state index contributed by atoms with van der Waals surface area (Å²) in [5.41, 5.74) is 1.01. The van der Waals surface area contributed by atoms with E-state index in [1.54, 1.807) is 12.4 Å². The number of fused-ring (bicyclic) bond motifs is 2. The summed E-state index contributed by atoms with van der Waals surface area (Å²) in [6, 6.07) is 3.99. The summed E-state index contributed by atoms with van der Waals surface area (Å²) < 4.78 is 5.22. The van der Waals surface area contributed by atoms with Crippen molar-refractivity contribution < 1.29 is 9.53 Å². The number of esters is 1. The third-order valence-corrected chi connectivity index (χ3v) is 4.03. The molecule has 2 aliphatic rings. The van der Waals surface area contributed by atoms with Gasteiger partial charge < -0.3 is 10.1 Å². The van der Waals surface area contributed by atoms with E-state index in [0.717, 1.165) is 12.1 Å². The van der Waals surface area contributed by atoms with Gasteiger partial charge in [-0.05, 0) is 37.3 Å². The van der Waals surface area contributed by atoms with Gasteiger partial charge in [-0.15, -0.1) is 0 Å². The van der Waals surface area contributed by atoms with Crippen LogP contribution in [0, 0.1) is 17.8 Å². The monoisotopic (exact) mass is 258 g/mol. The molecule has 4 heteroatoms. The molecule has 100 valence electrons. The van der Waals surface area contributed by atoms with Crippen LogP contribution in [0.5, 0.6) is 0 Å². The fourth-order valence-corrected chi connectivity index (χ4v) is 3.22. The Morgan fingerprint density at radius 1 is 1.37 bits per heavy atom. The Labute approximate surface area is 112 Å². The third kappa shape index (κ3) is 2.23. The molecular weight excluding hydrogens is 240 g/mol. The molecule has 2 bridgehead atoms. The molecule has 2 aliphatic carbocycles. The van der Waals surface area contributed by atoms with Crippen LogP contribution < -0.4 is 5.32 Å². The van der Waals surface area contributed by atoms with Gasteiger partial charge in [0.05, 0.1) is 12.5 Å². The summed E-state index contributed by atoms with van der Waals surface area (Å²) in [7, 11) is 0. The summed E-state index contributed by atoms with van der Waals surface area (Å²) in [5, 5.41) is 3.47. The van der Waals surface area contributed by atoms with Gasteiger partial charge in [0.1, 0.15) is 0 Å². The molecule has 0 radical (unpaired) electrons. The van der Waals surface area contributed by atoms with E-state index in [1.165, 1.54) is 0 Å². The number of nitrogens with one attached hydrogen (secondary N) is 1. The van der Waals surface area contributed by atoms with Crippen molar-refractivity contribution in [2.24, 2.45) is 17.8 Å². The van der Waals surface area contributed by atoms with Crippen LogP contribution in [0.2, 0.25) is 0 Å². The molecule has 4 atom stereocenters. The second-order valence-corrected chi connectivity index (χ2v) is 5.13. The highest BCUT2D eigenvalue weighted by molar-refractivity contribution is 5.76. The van der Waals surface area contributed by atoms with Crippen molar-refractivity contribution in [3.8, 4) is 0 Å². The number of nitrogens with zero attached hydrogens (tertiary/aromatic N) is 1. The number of ether oxygens (including phenoxy) is 1. The number of carbonyl (C=O) groups excluding carboxylic acids is 1. The molecule has 1 saturated carbocycles. The van der Waals surface area contributed by atoms with Crippen LogP contribution in [0.3, 0.4) is 0 Å². The summed E-state index contributed by atoms with van der Waals surface area (Å²) in [4.78, 5) is 16.1. The van der Waals surface area contributed by atoms with Gasteiger partial charge >= 0.3 is 5.97 Å². The summed E-state index contributed by atoms with van der Waals surface area (Å²) >= 11 is 0. The molecule has 0 aliphatic heterocycles. The lowest BCUT2D eigenvalue weighted by atomic mass is 9.88. The van der Waals surface area contributed by atoms with Gasteiger partial charge in [0.15, 0.2) is 0 Å². The van der Waals surface area contributed by atoms with E-state index in [-0.39, 0.29) is 17.9 Å². The zero-order chi connectivity index (χ0) is 13.2. The van der Waals surface area contributed by atoms with Gasteiger partial charge in [0.25, 0.3) is 0 Å². The van der Waals surface area contributed by atoms with E-state index < -0.39 is 0 Å². The average Bonchev–Trinajstić information content (AvgIpc) is 3.01. The van der Waals surface area contributed by atoms with Crippen molar-refractivity contribution in [3.63, 3.8) is 0 Å². The lowest BCUT2D eigenvalue weighted by molar-refractivity contribution is -0.149. The molecule has 4 nitrogen and oxygen atoms in total. The predicted octanol–water partition coefficient (Wildman–Crippen LogP) is 2.25. The van der Waals surface area contributed by atoms with Crippen LogP contribution in [-0.2, 0) is 9.53 Å². The predicted molar refractivity (Wildman–Crippen MR) is 72.5 cm³/mol. The minimum atomic E-state index is -0.0779. The van der Waals surface area contributed by atoms with E-state index in [4.69, 9.17) is 4.74 Å². The fourth-order valence-electron chi connectivity index (χ4n) is 3.22. The standard InChI is InChI=1S/C15H18N2O2/c1-2-19-15(18)13-10-3-4-11(9-10)14(13)17-12-5-7-16-8-6-12/h3-8,10-11,13-14H,2,9H2,1H3,(H,16,17)/t10-,11+,13?,14+/m1/s1. The fraction of sp³-hybridized carbons (Fsp3) is 0.467. The van der Waals surface area contributed by atoms with E-state index in [9.17, 15) is 4.79 Å². The summed E-state index contributed by atoms with van der Waals surface area (Å²) in [6.07, 6.45) is 8.94. The largest absolute Gasteiger partial charge is 0.466 e. The van der Waals surface area contributed by atoms with Gasteiger partial charge in [0.2, 0.25) is 0 Å². The van der Waals surface area contributed by atoms with E-state index in [0.29, 0.717) is 18.4 Å². The van der Waals surface area contributed by atoms with Gasteiger partial charge in [-0.25, -0.2) is 0 Å². The first-order valence-corrected chi connectivity index (χ1v) is 6.81. The van der Waals surface area contributed by atoms with Crippen LogP contribution in [0.15, 0.2) is 36.7 Å². The molecule has 0 amide bonds. The average molecular weight is 258 g/mol. The number of aromatic nitrogens is 1. The number of hydrogen-bond donors (Lipinski definition) is 1. The third-order valence-electron chi connectivity index (χ3n) is 4.03. The number of pyridine rings is 1. The first-order chi connectivity index (χ1) is 9.29. The number of carbonyl (C=O) groups is 1. The number of rotatable bonds is 4. The zero-order valence-corrected chi connectivity index (χ0v) is 11.0. The first kappa shape index (κ1) is 12.2. The van der Waals surface area contributed by atoms with Crippen molar-refractivity contribution in [1.82, 2.24) is 4.98 Å². The SMILES string of the molecule is CCOC(=O)C1[C@@H]2C=C[C@@H](C2)[C@@H]1Nc1ccncc1. The highest BCUT2D eigenvalue weighted by atomic mass is 16.5. The van der Waals surface area contributed by atoms with Gasteiger partial charge in [-0.3, -0.25) is 9.78 Å². The molecule has 1 aromatic heterocycles. The Kier molecular flexibility index (Phi) is 3.23. The van der Waals surface area contributed by atoms with Crippen molar-refractivity contribution in [3.05, 3.63) is 36.7 Å². The maximum atomic E-state index is 12.1. The highest BCUT2D eigenvalue weighted by Gasteiger charge is 2.48. The van der Waals surface area contributed by atoms with Crippen molar-refractivity contribution in [2.75, 3.05) is 11.9 Å². The lowest BCUT2D eigenvalue weighted by Crippen LogP contribution is -2.38. The van der Waals surface area contributed by atoms with Gasteiger partial charge in [-0.1, -0.05) is 12.2 Å². The van der Waals surface area contributed by atoms with Gasteiger partial charge in [0, 0.05) is 24.1 Å². The Bertz CT molecular complexity index is 486. The molecule has 3 rings (SSSR count). The number of anilines is 1. The zero-order valence-electron chi connectivity index (χ0n) is 11.0. The molecule has 0 spiro atoms. The molecule has 1 aromatic rings. The number of hydrogen-bond acceptors (Lipinski definition) is 4. The Balaban J connectivity index is 1.78. The molecule has 1 heterocycles. The van der Waals surface area contributed by atoms with Crippen LogP contribution in [0.4, 0.5) is 5.69 Å². The molecule has 19 heavy (non-hydrogen) atoms. The molecule has 0 saturated heterocycles. The van der Waals surface area contributed by atoms with Crippen LogP contribution in [0.1, 0.15) is 13.3 Å². The molecule has 1 fully saturated rings. The second-order valence-electron chi connectivity index (χ2n) is 5.13. The highest BCUT2D eigenvalue weighted by Crippen LogP contribution is 2.45. The molecular formula is C15H18N2O2. The minimum absolute atomic E-state index is 0.0666. The van der Waals surface area contributed by atoms with E-state index >= 15 is 0 Å². The maximum absolute atomic E-state index is 12.1. The second kappa shape index (κ2) is 5.03. The van der Waals surface area contributed by atoms with Crippen LogP contribution in [-0.4, -0.2) is 23.6 Å². The van der Waals surface area contributed by atoms with Crippen LogP contribution >= 0.6 is 0 Å². The quantitative estimate of drug-likeness (QED) is 0.664. The van der Waals surface area contributed by atoms with E-state index in [2.05, 4.69) is 22.5 Å². The van der Waals surface area contributed by atoms with Crippen molar-refractivity contribution in [1.29, 1.82) is 0 Å². The summed E-state index contributed by atoms with van der Waals surface area (Å²) in [6.45, 7) is 2.30. The minimum Gasteiger partial charge on any atom is -0.466 e. The Morgan fingerprint density at radius 2 is 2.11 bits per heavy atom. The van der Waals surface area contributed by atoms with Crippen molar-refractivity contribution >= 4 is 11.7 Å². The Hall–Kier alpha value is -1.84. The van der Waals surface area contributed by atoms with Crippen LogP contribution in [0.25, 0.3) is 0 Å². The van der Waals surface area contributed by atoms with E-state index in [1.807, 2.05) is 19.1 Å².